The molecule has 0 aliphatic rings. The third-order valence-electron chi connectivity index (χ3n) is 3.16. The molecule has 0 spiro atoms. The summed E-state index contributed by atoms with van der Waals surface area (Å²) in [5, 5.41) is 18.5. The molecule has 104 valence electrons. The summed E-state index contributed by atoms with van der Waals surface area (Å²) in [5.74, 6) is 0.685. The van der Waals surface area contributed by atoms with E-state index >= 15 is 0 Å². The summed E-state index contributed by atoms with van der Waals surface area (Å²) in [6.45, 7) is -0.0122. The number of benzene rings is 2. The van der Waals surface area contributed by atoms with Gasteiger partial charge in [0.25, 0.3) is 0 Å². The van der Waals surface area contributed by atoms with Crippen LogP contribution in [0.1, 0.15) is 22.3 Å². The van der Waals surface area contributed by atoms with Crippen LogP contribution in [-0.2, 0) is 13.2 Å². The highest BCUT2D eigenvalue weighted by Gasteiger charge is 2.05. The Hall–Kier alpha value is -2.10. The average molecular weight is 270 g/mol. The van der Waals surface area contributed by atoms with Gasteiger partial charge >= 0.3 is 0 Å². The van der Waals surface area contributed by atoms with Gasteiger partial charge in [0.2, 0.25) is 0 Å². The van der Waals surface area contributed by atoms with E-state index in [-0.39, 0.29) is 13.2 Å². The van der Waals surface area contributed by atoms with Crippen molar-refractivity contribution in [3.63, 3.8) is 0 Å². The minimum atomic E-state index is -0.0624. The largest absolute Gasteiger partial charge is 0.496 e. The summed E-state index contributed by atoms with van der Waals surface area (Å²) in [6.07, 6.45) is 3.91. The summed E-state index contributed by atoms with van der Waals surface area (Å²) in [7, 11) is 1.59. The number of hydrogen-bond acceptors (Lipinski definition) is 3. The van der Waals surface area contributed by atoms with Crippen molar-refractivity contribution in [2.75, 3.05) is 7.11 Å². The lowest BCUT2D eigenvalue weighted by atomic mass is 10.0. The van der Waals surface area contributed by atoms with E-state index in [4.69, 9.17) is 9.84 Å². The molecular formula is C17H18O3. The molecule has 0 saturated carbocycles. The van der Waals surface area contributed by atoms with Gasteiger partial charge in [0, 0.05) is 5.56 Å². The number of aliphatic hydroxyl groups is 2. The minimum absolute atomic E-state index is 0.0501. The molecule has 3 nitrogen and oxygen atoms in total. The van der Waals surface area contributed by atoms with E-state index in [9.17, 15) is 5.11 Å². The Kier molecular flexibility index (Phi) is 4.93. The van der Waals surface area contributed by atoms with E-state index < -0.39 is 0 Å². The maximum absolute atomic E-state index is 9.45. The summed E-state index contributed by atoms with van der Waals surface area (Å²) >= 11 is 0. The molecule has 0 bridgehead atoms. The summed E-state index contributed by atoms with van der Waals surface area (Å²) < 4.78 is 5.24. The Bertz CT molecular complexity index is 586. The minimum Gasteiger partial charge on any atom is -0.496 e. The van der Waals surface area contributed by atoms with Crippen molar-refractivity contribution < 1.29 is 14.9 Å². The lowest BCUT2D eigenvalue weighted by Gasteiger charge is -2.09. The third-order valence-corrected chi connectivity index (χ3v) is 3.16. The molecule has 0 unspecified atom stereocenters. The fraction of sp³-hybridized carbons (Fsp3) is 0.176. The summed E-state index contributed by atoms with van der Waals surface area (Å²) in [4.78, 5) is 0. The standard InChI is InChI=1S/C17H18O3/c1-20-17-4-2-3-15(16(17)12-19)10-9-13-5-7-14(11-18)8-6-13/h2-10,18-19H,11-12H2,1H3. The highest BCUT2D eigenvalue weighted by atomic mass is 16.5. The average Bonchev–Trinajstić information content (AvgIpc) is 2.52. The van der Waals surface area contributed by atoms with Gasteiger partial charge in [-0.25, -0.2) is 0 Å². The second kappa shape index (κ2) is 6.89. The van der Waals surface area contributed by atoms with E-state index in [1.54, 1.807) is 7.11 Å². The highest BCUT2D eigenvalue weighted by Crippen LogP contribution is 2.24. The molecule has 3 heteroatoms. The molecule has 0 aliphatic heterocycles. The SMILES string of the molecule is COc1cccc(C=Cc2ccc(CO)cc2)c1CO. The molecule has 0 heterocycles. The van der Waals surface area contributed by atoms with Crippen LogP contribution in [0.15, 0.2) is 42.5 Å². The molecular weight excluding hydrogens is 252 g/mol. The van der Waals surface area contributed by atoms with Gasteiger partial charge in [-0.2, -0.15) is 0 Å². The lowest BCUT2D eigenvalue weighted by molar-refractivity contribution is 0.273. The van der Waals surface area contributed by atoms with Gasteiger partial charge in [0.15, 0.2) is 0 Å². The van der Waals surface area contributed by atoms with Gasteiger partial charge < -0.3 is 14.9 Å². The molecule has 0 amide bonds. The zero-order valence-corrected chi connectivity index (χ0v) is 11.4. The first-order valence-electron chi connectivity index (χ1n) is 6.43. The molecule has 0 aliphatic carbocycles. The van der Waals surface area contributed by atoms with Crippen molar-refractivity contribution in [1.29, 1.82) is 0 Å². The molecule has 2 aromatic carbocycles. The molecule has 0 radical (unpaired) electrons. The second-order valence-corrected chi connectivity index (χ2v) is 4.42. The fourth-order valence-corrected chi connectivity index (χ4v) is 2.02. The first-order chi connectivity index (χ1) is 9.78. The number of ether oxygens (including phenoxy) is 1. The number of aliphatic hydroxyl groups excluding tert-OH is 2. The van der Waals surface area contributed by atoms with Crippen LogP contribution in [0, 0.1) is 0 Å². The van der Waals surface area contributed by atoms with Crippen LogP contribution in [0.5, 0.6) is 5.75 Å². The van der Waals surface area contributed by atoms with Crippen LogP contribution in [-0.4, -0.2) is 17.3 Å². The van der Waals surface area contributed by atoms with Crippen molar-refractivity contribution >= 4 is 12.2 Å². The fourth-order valence-electron chi connectivity index (χ4n) is 2.02. The van der Waals surface area contributed by atoms with E-state index in [0.717, 1.165) is 22.3 Å². The molecule has 2 N–H and O–H groups in total. The predicted octanol–water partition coefficient (Wildman–Crippen LogP) is 2.85. The topological polar surface area (TPSA) is 49.7 Å². The molecule has 0 aromatic heterocycles. The van der Waals surface area contributed by atoms with Crippen molar-refractivity contribution in [2.45, 2.75) is 13.2 Å². The van der Waals surface area contributed by atoms with Crippen LogP contribution < -0.4 is 4.74 Å². The lowest BCUT2D eigenvalue weighted by Crippen LogP contribution is -1.94. The zero-order valence-electron chi connectivity index (χ0n) is 11.4. The number of methoxy groups -OCH3 is 1. The van der Waals surface area contributed by atoms with Crippen molar-refractivity contribution in [2.24, 2.45) is 0 Å². The first-order valence-corrected chi connectivity index (χ1v) is 6.43. The van der Waals surface area contributed by atoms with E-state index in [2.05, 4.69) is 0 Å². The smallest absolute Gasteiger partial charge is 0.124 e. The second-order valence-electron chi connectivity index (χ2n) is 4.42. The molecule has 2 aromatic rings. The van der Waals surface area contributed by atoms with Crippen LogP contribution in [0.2, 0.25) is 0 Å². The van der Waals surface area contributed by atoms with Gasteiger partial charge in [-0.1, -0.05) is 48.6 Å². The highest BCUT2D eigenvalue weighted by molar-refractivity contribution is 5.72. The van der Waals surface area contributed by atoms with E-state index in [1.165, 1.54) is 0 Å². The van der Waals surface area contributed by atoms with Crippen LogP contribution >= 0.6 is 0 Å². The van der Waals surface area contributed by atoms with E-state index in [0.29, 0.717) is 5.75 Å². The van der Waals surface area contributed by atoms with E-state index in [1.807, 2.05) is 54.6 Å². The Labute approximate surface area is 118 Å². The van der Waals surface area contributed by atoms with Gasteiger partial charge in [0.05, 0.1) is 20.3 Å². The Morgan fingerprint density at radius 1 is 0.950 bits per heavy atom. The maximum atomic E-state index is 9.45. The van der Waals surface area contributed by atoms with Crippen LogP contribution in [0.4, 0.5) is 0 Å². The third kappa shape index (κ3) is 3.26. The summed E-state index contributed by atoms with van der Waals surface area (Å²) in [6, 6.07) is 13.3. The van der Waals surface area contributed by atoms with Crippen LogP contribution in [0.3, 0.4) is 0 Å². The normalized spacial score (nSPS) is 10.9. The zero-order chi connectivity index (χ0) is 14.4. The number of rotatable bonds is 5. The van der Waals surface area contributed by atoms with Gasteiger partial charge in [-0.3, -0.25) is 0 Å². The van der Waals surface area contributed by atoms with Crippen molar-refractivity contribution in [3.8, 4) is 5.75 Å². The van der Waals surface area contributed by atoms with Crippen molar-refractivity contribution in [1.82, 2.24) is 0 Å². The summed E-state index contributed by atoms with van der Waals surface area (Å²) in [5.41, 5.74) is 3.63. The molecule has 0 saturated heterocycles. The number of hydrogen-bond donors (Lipinski definition) is 2. The quantitative estimate of drug-likeness (QED) is 0.821. The van der Waals surface area contributed by atoms with Gasteiger partial charge in [0.1, 0.15) is 5.75 Å². The predicted molar refractivity (Wildman–Crippen MR) is 80.2 cm³/mol. The molecule has 2 rings (SSSR count). The molecule has 20 heavy (non-hydrogen) atoms. The Morgan fingerprint density at radius 3 is 2.30 bits per heavy atom. The maximum Gasteiger partial charge on any atom is 0.124 e. The first kappa shape index (κ1) is 14.3. The van der Waals surface area contributed by atoms with Gasteiger partial charge in [-0.15, -0.1) is 0 Å². The van der Waals surface area contributed by atoms with Crippen LogP contribution in [0.25, 0.3) is 12.2 Å². The monoisotopic (exact) mass is 270 g/mol. The van der Waals surface area contributed by atoms with Gasteiger partial charge in [-0.05, 0) is 22.8 Å². The Morgan fingerprint density at radius 2 is 1.70 bits per heavy atom. The molecule has 0 fully saturated rings. The van der Waals surface area contributed by atoms with Crippen molar-refractivity contribution in [3.05, 3.63) is 64.7 Å². The molecule has 0 atom stereocenters. The Balaban J connectivity index is 2.26.